The fourth-order valence-corrected chi connectivity index (χ4v) is 2.28. The number of fused-ring (bicyclic) bond motifs is 1. The van der Waals surface area contributed by atoms with Gasteiger partial charge in [-0.15, -0.1) is 0 Å². The number of nitrogens with zero attached hydrogens (tertiary/aromatic N) is 4. The Kier molecular flexibility index (Phi) is 3.95. The first-order chi connectivity index (χ1) is 10.3. The van der Waals surface area contributed by atoms with Gasteiger partial charge in [0.05, 0.1) is 0 Å². The number of hydrogen-bond donors (Lipinski definition) is 1. The van der Waals surface area contributed by atoms with Crippen molar-refractivity contribution in [1.82, 2.24) is 24.6 Å². The van der Waals surface area contributed by atoms with E-state index in [0.29, 0.717) is 6.54 Å². The molecule has 6 heteroatoms. The topological polar surface area (TPSA) is 64.7 Å². The fourth-order valence-electron chi connectivity index (χ4n) is 2.28. The molecule has 3 aromatic rings. The van der Waals surface area contributed by atoms with E-state index in [1.165, 1.54) is 0 Å². The number of pyridine rings is 1. The molecule has 3 heterocycles. The van der Waals surface area contributed by atoms with E-state index in [4.69, 9.17) is 0 Å². The zero-order valence-corrected chi connectivity index (χ0v) is 11.6. The van der Waals surface area contributed by atoms with Crippen LogP contribution >= 0.6 is 0 Å². The molecule has 0 aromatic carbocycles. The Morgan fingerprint density at radius 1 is 1.19 bits per heavy atom. The van der Waals surface area contributed by atoms with Gasteiger partial charge in [0.15, 0.2) is 0 Å². The molecule has 3 rings (SSSR count). The number of nitrogens with one attached hydrogen (secondary N) is 1. The summed E-state index contributed by atoms with van der Waals surface area (Å²) in [4.78, 5) is 16.1. The van der Waals surface area contributed by atoms with Crippen molar-refractivity contribution < 1.29 is 4.79 Å². The SMILES string of the molecule is O=C(Cn1cccn1)NCCCn1ccc2cccnc21. The van der Waals surface area contributed by atoms with Gasteiger partial charge < -0.3 is 9.88 Å². The first-order valence-electron chi connectivity index (χ1n) is 6.97. The normalized spacial score (nSPS) is 10.9. The number of aromatic nitrogens is 4. The molecule has 0 aliphatic heterocycles. The van der Waals surface area contributed by atoms with Crippen molar-refractivity contribution in [2.24, 2.45) is 0 Å². The summed E-state index contributed by atoms with van der Waals surface area (Å²) >= 11 is 0. The highest BCUT2D eigenvalue weighted by molar-refractivity contribution is 5.76. The Morgan fingerprint density at radius 2 is 2.14 bits per heavy atom. The fraction of sp³-hybridized carbons (Fsp3) is 0.267. The Hall–Kier alpha value is -2.63. The lowest BCUT2D eigenvalue weighted by Gasteiger charge is -2.07. The second-order valence-corrected chi connectivity index (χ2v) is 4.83. The van der Waals surface area contributed by atoms with Crippen LogP contribution in [0.5, 0.6) is 0 Å². The molecule has 0 radical (unpaired) electrons. The molecule has 0 saturated carbocycles. The summed E-state index contributed by atoms with van der Waals surface area (Å²) in [6.07, 6.45) is 8.13. The third-order valence-electron chi connectivity index (χ3n) is 3.29. The van der Waals surface area contributed by atoms with Gasteiger partial charge in [0, 0.05) is 43.3 Å². The second-order valence-electron chi connectivity index (χ2n) is 4.83. The summed E-state index contributed by atoms with van der Waals surface area (Å²) in [7, 11) is 0. The zero-order chi connectivity index (χ0) is 14.5. The van der Waals surface area contributed by atoms with Gasteiger partial charge in [-0.3, -0.25) is 9.48 Å². The number of carbonyl (C=O) groups excluding carboxylic acids is 1. The van der Waals surface area contributed by atoms with Gasteiger partial charge in [-0.05, 0) is 30.7 Å². The molecule has 0 aliphatic rings. The highest BCUT2D eigenvalue weighted by Crippen LogP contribution is 2.12. The van der Waals surface area contributed by atoms with Crippen LogP contribution in [0.4, 0.5) is 0 Å². The van der Waals surface area contributed by atoms with Crippen LogP contribution in [0, 0.1) is 0 Å². The average molecular weight is 283 g/mol. The van der Waals surface area contributed by atoms with Crippen molar-refractivity contribution in [2.45, 2.75) is 19.5 Å². The van der Waals surface area contributed by atoms with Crippen LogP contribution in [0.15, 0.2) is 49.1 Å². The van der Waals surface area contributed by atoms with Crippen molar-refractivity contribution in [3.05, 3.63) is 49.1 Å². The van der Waals surface area contributed by atoms with Crippen molar-refractivity contribution in [1.29, 1.82) is 0 Å². The van der Waals surface area contributed by atoms with Crippen LogP contribution in [0.1, 0.15) is 6.42 Å². The number of amides is 1. The Bertz CT molecular complexity index is 717. The average Bonchev–Trinajstić information content (AvgIpc) is 3.13. The smallest absolute Gasteiger partial charge is 0.241 e. The molecule has 21 heavy (non-hydrogen) atoms. The molecule has 0 unspecified atom stereocenters. The Balaban J connectivity index is 1.45. The molecular weight excluding hydrogens is 266 g/mol. The van der Waals surface area contributed by atoms with E-state index < -0.39 is 0 Å². The maximum absolute atomic E-state index is 11.7. The predicted octanol–water partition coefficient (Wildman–Crippen LogP) is 1.44. The number of rotatable bonds is 6. The molecule has 0 spiro atoms. The summed E-state index contributed by atoms with van der Waals surface area (Å²) in [5.74, 6) is -0.0193. The summed E-state index contributed by atoms with van der Waals surface area (Å²) in [6.45, 7) is 1.75. The maximum Gasteiger partial charge on any atom is 0.241 e. The van der Waals surface area contributed by atoms with E-state index in [2.05, 4.69) is 26.0 Å². The largest absolute Gasteiger partial charge is 0.354 e. The van der Waals surface area contributed by atoms with E-state index in [1.807, 2.05) is 18.3 Å². The molecule has 108 valence electrons. The maximum atomic E-state index is 11.7. The summed E-state index contributed by atoms with van der Waals surface area (Å²) in [6, 6.07) is 7.84. The molecule has 1 amide bonds. The highest BCUT2D eigenvalue weighted by Gasteiger charge is 2.03. The van der Waals surface area contributed by atoms with Gasteiger partial charge in [0.1, 0.15) is 12.2 Å². The molecule has 0 saturated heterocycles. The summed E-state index contributed by atoms with van der Waals surface area (Å²) < 4.78 is 3.72. The number of hydrogen-bond acceptors (Lipinski definition) is 3. The molecule has 0 bridgehead atoms. The van der Waals surface area contributed by atoms with Gasteiger partial charge in [-0.1, -0.05) is 0 Å². The van der Waals surface area contributed by atoms with E-state index >= 15 is 0 Å². The molecule has 0 atom stereocenters. The molecule has 6 nitrogen and oxygen atoms in total. The minimum absolute atomic E-state index is 0.0193. The molecular formula is C15H17N5O. The first kappa shape index (κ1) is 13.4. The van der Waals surface area contributed by atoms with Gasteiger partial charge in [-0.2, -0.15) is 5.10 Å². The number of carbonyl (C=O) groups is 1. The van der Waals surface area contributed by atoms with E-state index in [0.717, 1.165) is 24.0 Å². The predicted molar refractivity (Wildman–Crippen MR) is 79.6 cm³/mol. The van der Waals surface area contributed by atoms with E-state index in [1.54, 1.807) is 29.3 Å². The third-order valence-corrected chi connectivity index (χ3v) is 3.29. The summed E-state index contributed by atoms with van der Waals surface area (Å²) in [5, 5.41) is 8.04. The van der Waals surface area contributed by atoms with Crippen molar-refractivity contribution in [3.63, 3.8) is 0 Å². The van der Waals surface area contributed by atoms with Crippen LogP contribution in [-0.2, 0) is 17.9 Å². The lowest BCUT2D eigenvalue weighted by atomic mass is 10.3. The molecule has 1 N–H and O–H groups in total. The lowest BCUT2D eigenvalue weighted by molar-refractivity contribution is -0.121. The van der Waals surface area contributed by atoms with Gasteiger partial charge >= 0.3 is 0 Å². The third kappa shape index (κ3) is 3.28. The molecule has 0 fully saturated rings. The first-order valence-corrected chi connectivity index (χ1v) is 6.97. The Morgan fingerprint density at radius 3 is 3.00 bits per heavy atom. The van der Waals surface area contributed by atoms with Crippen molar-refractivity contribution in [2.75, 3.05) is 6.54 Å². The van der Waals surface area contributed by atoms with Crippen LogP contribution in [0.3, 0.4) is 0 Å². The minimum atomic E-state index is -0.0193. The van der Waals surface area contributed by atoms with Gasteiger partial charge in [-0.25, -0.2) is 4.98 Å². The minimum Gasteiger partial charge on any atom is -0.354 e. The van der Waals surface area contributed by atoms with Crippen LogP contribution in [-0.4, -0.2) is 31.8 Å². The van der Waals surface area contributed by atoms with Gasteiger partial charge in [0.2, 0.25) is 5.91 Å². The van der Waals surface area contributed by atoms with E-state index in [9.17, 15) is 4.79 Å². The monoisotopic (exact) mass is 283 g/mol. The highest BCUT2D eigenvalue weighted by atomic mass is 16.2. The molecule has 3 aromatic heterocycles. The lowest BCUT2D eigenvalue weighted by Crippen LogP contribution is -2.29. The van der Waals surface area contributed by atoms with Crippen LogP contribution in [0.2, 0.25) is 0 Å². The summed E-state index contributed by atoms with van der Waals surface area (Å²) in [5.41, 5.74) is 0.986. The standard InChI is InChI=1S/C15H17N5O/c21-14(12-20-10-3-8-18-20)16-7-2-9-19-11-5-13-4-1-6-17-15(13)19/h1,3-6,8,10-11H,2,7,9,12H2,(H,16,21). The van der Waals surface area contributed by atoms with Gasteiger partial charge in [0.25, 0.3) is 0 Å². The quantitative estimate of drug-likeness (QED) is 0.696. The van der Waals surface area contributed by atoms with Crippen LogP contribution < -0.4 is 5.32 Å². The molecule has 0 aliphatic carbocycles. The number of aryl methyl sites for hydroxylation is 1. The van der Waals surface area contributed by atoms with Crippen molar-refractivity contribution in [3.8, 4) is 0 Å². The zero-order valence-electron chi connectivity index (χ0n) is 11.6. The Labute approximate surface area is 122 Å². The van der Waals surface area contributed by atoms with Crippen LogP contribution in [0.25, 0.3) is 11.0 Å². The van der Waals surface area contributed by atoms with Crippen molar-refractivity contribution >= 4 is 16.9 Å². The van der Waals surface area contributed by atoms with E-state index in [-0.39, 0.29) is 12.5 Å². The second kappa shape index (κ2) is 6.21.